The van der Waals surface area contributed by atoms with Crippen molar-refractivity contribution >= 4 is 10.0 Å². The molecule has 2 atom stereocenters. The van der Waals surface area contributed by atoms with Gasteiger partial charge in [0.1, 0.15) is 0 Å². The van der Waals surface area contributed by atoms with Crippen LogP contribution in [-0.2, 0) is 10.0 Å². The van der Waals surface area contributed by atoms with Gasteiger partial charge in [-0.1, -0.05) is 12.5 Å². The van der Waals surface area contributed by atoms with Gasteiger partial charge in [-0.3, -0.25) is 0 Å². The third kappa shape index (κ3) is 5.09. The molecule has 0 radical (unpaired) electrons. The average molecular weight is 247 g/mol. The van der Waals surface area contributed by atoms with E-state index in [9.17, 15) is 13.5 Å². The van der Waals surface area contributed by atoms with E-state index in [0.29, 0.717) is 19.4 Å². The maximum atomic E-state index is 11.5. The summed E-state index contributed by atoms with van der Waals surface area (Å²) in [4.78, 5) is 0. The first kappa shape index (κ1) is 13.7. The van der Waals surface area contributed by atoms with Crippen LogP contribution in [-0.4, -0.2) is 31.9 Å². The van der Waals surface area contributed by atoms with Crippen molar-refractivity contribution < 1.29 is 13.5 Å². The predicted molar refractivity (Wildman–Crippen MR) is 64.6 cm³/mol. The van der Waals surface area contributed by atoms with Gasteiger partial charge >= 0.3 is 0 Å². The summed E-state index contributed by atoms with van der Waals surface area (Å²) in [6.45, 7) is 3.95. The number of allylic oxidation sites excluding steroid dienone is 1. The summed E-state index contributed by atoms with van der Waals surface area (Å²) in [6.07, 6.45) is 5.37. The molecule has 0 aromatic carbocycles. The molecule has 4 nitrogen and oxygen atoms in total. The minimum atomic E-state index is -3.16. The van der Waals surface area contributed by atoms with Crippen molar-refractivity contribution in [2.75, 3.05) is 12.3 Å². The van der Waals surface area contributed by atoms with Crippen LogP contribution in [0.5, 0.6) is 0 Å². The lowest BCUT2D eigenvalue weighted by atomic mass is 9.87. The molecule has 0 aliphatic heterocycles. The molecule has 2 N–H and O–H groups in total. The minimum Gasteiger partial charge on any atom is -0.393 e. The molecule has 0 heterocycles. The number of sulfonamides is 1. The van der Waals surface area contributed by atoms with Gasteiger partial charge < -0.3 is 5.11 Å². The number of rotatable bonds is 6. The van der Waals surface area contributed by atoms with Crippen molar-refractivity contribution in [1.82, 2.24) is 4.72 Å². The number of aliphatic hydroxyl groups excluding tert-OH is 1. The Kier molecular flexibility index (Phi) is 5.44. The largest absolute Gasteiger partial charge is 0.393 e. The number of hydrogen-bond acceptors (Lipinski definition) is 3. The summed E-state index contributed by atoms with van der Waals surface area (Å²) in [5.41, 5.74) is 0. The van der Waals surface area contributed by atoms with Crippen LogP contribution in [0.2, 0.25) is 0 Å². The van der Waals surface area contributed by atoms with Gasteiger partial charge in [-0.05, 0) is 31.6 Å². The van der Waals surface area contributed by atoms with E-state index in [4.69, 9.17) is 0 Å². The molecule has 0 bridgehead atoms. The Hall–Kier alpha value is -0.390. The molecule has 1 aliphatic carbocycles. The lowest BCUT2D eigenvalue weighted by Gasteiger charge is -2.25. The predicted octanol–water partition coefficient (Wildman–Crippen LogP) is 1.03. The minimum absolute atomic E-state index is 0.103. The second-order valence-electron chi connectivity index (χ2n) is 4.43. The summed E-state index contributed by atoms with van der Waals surface area (Å²) in [6, 6.07) is 0. The smallest absolute Gasteiger partial charge is 0.211 e. The van der Waals surface area contributed by atoms with Gasteiger partial charge in [-0.2, -0.15) is 0 Å². The van der Waals surface area contributed by atoms with Crippen molar-refractivity contribution in [3.63, 3.8) is 0 Å². The maximum Gasteiger partial charge on any atom is 0.211 e. The van der Waals surface area contributed by atoms with Gasteiger partial charge in [0, 0.05) is 6.54 Å². The Balaban J connectivity index is 2.30. The zero-order valence-corrected chi connectivity index (χ0v) is 10.4. The Labute approximate surface area is 97.8 Å². The molecule has 0 saturated heterocycles. The SMILES string of the molecule is C=CCCS(=O)(=O)NCC1CCCC(O)C1. The third-order valence-corrected chi connectivity index (χ3v) is 4.32. The molecule has 5 heteroatoms. The highest BCUT2D eigenvalue weighted by molar-refractivity contribution is 7.89. The van der Waals surface area contributed by atoms with E-state index in [2.05, 4.69) is 11.3 Å². The van der Waals surface area contributed by atoms with E-state index < -0.39 is 10.0 Å². The summed E-state index contributed by atoms with van der Waals surface area (Å²) in [7, 11) is -3.16. The van der Waals surface area contributed by atoms with Gasteiger partial charge in [-0.25, -0.2) is 13.1 Å². The van der Waals surface area contributed by atoms with Gasteiger partial charge in [0.15, 0.2) is 0 Å². The monoisotopic (exact) mass is 247 g/mol. The lowest BCUT2D eigenvalue weighted by molar-refractivity contribution is 0.102. The van der Waals surface area contributed by atoms with E-state index in [1.54, 1.807) is 6.08 Å². The van der Waals surface area contributed by atoms with Gasteiger partial charge in [0.25, 0.3) is 0 Å². The van der Waals surface area contributed by atoms with Crippen molar-refractivity contribution in [1.29, 1.82) is 0 Å². The fraction of sp³-hybridized carbons (Fsp3) is 0.818. The van der Waals surface area contributed by atoms with Crippen LogP contribution >= 0.6 is 0 Å². The van der Waals surface area contributed by atoms with Crippen LogP contribution < -0.4 is 4.72 Å². The first-order chi connectivity index (χ1) is 7.53. The fourth-order valence-corrected chi connectivity index (χ4v) is 3.11. The molecule has 16 heavy (non-hydrogen) atoms. The molecule has 0 amide bonds. The second-order valence-corrected chi connectivity index (χ2v) is 6.36. The summed E-state index contributed by atoms with van der Waals surface area (Å²) in [5, 5.41) is 9.46. The summed E-state index contributed by atoms with van der Waals surface area (Å²) in [5.74, 6) is 0.383. The van der Waals surface area contributed by atoms with E-state index >= 15 is 0 Å². The maximum absolute atomic E-state index is 11.5. The number of aliphatic hydroxyl groups is 1. The molecular weight excluding hydrogens is 226 g/mol. The van der Waals surface area contributed by atoms with Gasteiger partial charge in [0.05, 0.1) is 11.9 Å². The first-order valence-electron chi connectivity index (χ1n) is 5.80. The Morgan fingerprint density at radius 3 is 2.81 bits per heavy atom. The molecular formula is C11H21NO3S. The summed E-state index contributed by atoms with van der Waals surface area (Å²) >= 11 is 0. The van der Waals surface area contributed by atoms with E-state index in [1.165, 1.54) is 0 Å². The number of hydrogen-bond donors (Lipinski definition) is 2. The molecule has 1 saturated carbocycles. The van der Waals surface area contributed by atoms with E-state index in [0.717, 1.165) is 19.3 Å². The third-order valence-electron chi connectivity index (χ3n) is 2.94. The molecule has 2 unspecified atom stereocenters. The first-order valence-corrected chi connectivity index (χ1v) is 7.45. The molecule has 1 rings (SSSR count). The van der Waals surface area contributed by atoms with Crippen LogP contribution in [0.25, 0.3) is 0 Å². The lowest BCUT2D eigenvalue weighted by Crippen LogP contribution is -2.34. The van der Waals surface area contributed by atoms with Crippen LogP contribution in [0.1, 0.15) is 32.1 Å². The zero-order valence-electron chi connectivity index (χ0n) is 9.56. The molecule has 94 valence electrons. The van der Waals surface area contributed by atoms with Crippen molar-refractivity contribution in [2.45, 2.75) is 38.2 Å². The van der Waals surface area contributed by atoms with Crippen LogP contribution in [0, 0.1) is 5.92 Å². The second kappa shape index (κ2) is 6.37. The highest BCUT2D eigenvalue weighted by atomic mass is 32.2. The topological polar surface area (TPSA) is 66.4 Å². The highest BCUT2D eigenvalue weighted by Gasteiger charge is 2.21. The fourth-order valence-electron chi connectivity index (χ4n) is 2.00. The molecule has 0 spiro atoms. The molecule has 1 fully saturated rings. The van der Waals surface area contributed by atoms with Crippen molar-refractivity contribution in [2.24, 2.45) is 5.92 Å². The van der Waals surface area contributed by atoms with E-state index in [1.807, 2.05) is 0 Å². The zero-order chi connectivity index (χ0) is 12.0. The molecule has 1 aliphatic rings. The van der Waals surface area contributed by atoms with Gasteiger partial charge in [0.2, 0.25) is 10.0 Å². The molecule has 0 aromatic rings. The van der Waals surface area contributed by atoms with Crippen molar-refractivity contribution in [3.8, 4) is 0 Å². The van der Waals surface area contributed by atoms with Crippen molar-refractivity contribution in [3.05, 3.63) is 12.7 Å². The number of nitrogens with one attached hydrogen (secondary N) is 1. The average Bonchev–Trinajstić information content (AvgIpc) is 2.24. The Morgan fingerprint density at radius 1 is 1.44 bits per heavy atom. The van der Waals surface area contributed by atoms with Crippen LogP contribution in [0.15, 0.2) is 12.7 Å². The van der Waals surface area contributed by atoms with Gasteiger partial charge in [-0.15, -0.1) is 6.58 Å². The van der Waals surface area contributed by atoms with Crippen LogP contribution in [0.4, 0.5) is 0 Å². The summed E-state index contributed by atoms with van der Waals surface area (Å²) < 4.78 is 25.6. The highest BCUT2D eigenvalue weighted by Crippen LogP contribution is 2.23. The Bertz CT molecular complexity index is 313. The van der Waals surface area contributed by atoms with E-state index in [-0.39, 0.29) is 17.8 Å². The standard InChI is InChI=1S/C11H21NO3S/c1-2-3-7-16(14,15)12-9-10-5-4-6-11(13)8-10/h2,10-13H,1,3-9H2. The Morgan fingerprint density at radius 2 is 2.19 bits per heavy atom. The normalized spacial score (nSPS) is 26.6. The quantitative estimate of drug-likeness (QED) is 0.689. The van der Waals surface area contributed by atoms with Crippen LogP contribution in [0.3, 0.4) is 0 Å². The molecule has 0 aromatic heterocycles.